The van der Waals surface area contributed by atoms with Gasteiger partial charge in [-0.3, -0.25) is 9.59 Å². The number of rotatable bonds is 1. The first-order valence-electron chi connectivity index (χ1n) is 13.5. The van der Waals surface area contributed by atoms with Crippen LogP contribution in [0.4, 0.5) is 0 Å². The lowest BCUT2D eigenvalue weighted by molar-refractivity contribution is -0.950. The molecule has 5 aliphatic rings. The number of fused-ring (bicyclic) bond motifs is 3. The van der Waals surface area contributed by atoms with E-state index in [0.29, 0.717) is 37.3 Å². The van der Waals surface area contributed by atoms with Crippen molar-refractivity contribution in [2.24, 2.45) is 46.8 Å². The maximum Gasteiger partial charge on any atom is 0.175 e. The predicted molar refractivity (Wildman–Crippen MR) is 123 cm³/mol. The third-order valence-corrected chi connectivity index (χ3v) is 11.5. The number of ketones is 2. The Bertz CT molecular complexity index is 814. The molecule has 6 heteroatoms. The van der Waals surface area contributed by atoms with Gasteiger partial charge in [-0.1, -0.05) is 27.7 Å². The molecule has 13 atom stereocenters. The number of aliphatic hydroxyl groups excluding tert-OH is 2. The SMILES string of the molecule is CC1CCC2C(C)C3CCC(C4CC(=O)C5CC(O)CC(O)C5(C)C4C)C(=O)C3(O)C[NH+]2C1. The molecular formula is C27H44NO5+. The summed E-state index contributed by atoms with van der Waals surface area (Å²) in [6.45, 7) is 10.1. The second-order valence-corrected chi connectivity index (χ2v) is 12.9. The van der Waals surface area contributed by atoms with Gasteiger partial charge in [0.15, 0.2) is 11.4 Å². The normalized spacial score (nSPS) is 57.1. The molecule has 0 aromatic rings. The van der Waals surface area contributed by atoms with Crippen molar-refractivity contribution in [3.8, 4) is 0 Å². The average Bonchev–Trinajstić information content (AvgIpc) is 2.74. The van der Waals surface area contributed by atoms with E-state index in [1.165, 1.54) is 17.7 Å². The highest BCUT2D eigenvalue weighted by molar-refractivity contribution is 5.92. The van der Waals surface area contributed by atoms with E-state index >= 15 is 0 Å². The molecule has 0 aromatic carbocycles. The first-order valence-corrected chi connectivity index (χ1v) is 13.5. The second kappa shape index (κ2) is 8.11. The van der Waals surface area contributed by atoms with E-state index in [9.17, 15) is 24.9 Å². The topological polar surface area (TPSA) is 99.3 Å². The zero-order valence-electron chi connectivity index (χ0n) is 20.8. The van der Waals surface area contributed by atoms with Gasteiger partial charge in [-0.25, -0.2) is 0 Å². The van der Waals surface area contributed by atoms with E-state index in [4.69, 9.17) is 0 Å². The fourth-order valence-electron chi connectivity index (χ4n) is 9.36. The maximum absolute atomic E-state index is 14.1. The molecule has 186 valence electrons. The standard InChI is InChI=1S/C27H43NO5/c1-14-5-8-22-15(2)20-7-6-18(25(32)27(20,33)13-28(22)12-14)19-11-23(30)21-9-17(29)10-24(31)26(21,4)16(19)3/h14-22,24,29,31,33H,5-13H2,1-4H3/p+1. The summed E-state index contributed by atoms with van der Waals surface area (Å²) in [6, 6.07) is 0.537. The smallest absolute Gasteiger partial charge is 0.175 e. The summed E-state index contributed by atoms with van der Waals surface area (Å²) in [7, 11) is 0. The van der Waals surface area contributed by atoms with Crippen LogP contribution < -0.4 is 4.90 Å². The van der Waals surface area contributed by atoms with Crippen LogP contribution in [-0.4, -0.2) is 63.8 Å². The van der Waals surface area contributed by atoms with Crippen LogP contribution in [-0.2, 0) is 9.59 Å². The quantitative estimate of drug-likeness (QED) is 0.466. The maximum atomic E-state index is 14.1. The van der Waals surface area contributed by atoms with E-state index in [0.717, 1.165) is 19.4 Å². The average molecular weight is 463 g/mol. The highest BCUT2D eigenvalue weighted by Gasteiger charge is 2.64. The van der Waals surface area contributed by atoms with Crippen molar-refractivity contribution in [3.63, 3.8) is 0 Å². The minimum atomic E-state index is -1.30. The summed E-state index contributed by atoms with van der Waals surface area (Å²) in [6.07, 6.45) is 3.61. The Hall–Kier alpha value is -0.820. The molecule has 2 saturated heterocycles. The minimum absolute atomic E-state index is 0.0109. The summed E-state index contributed by atoms with van der Waals surface area (Å²) in [5.74, 6) is 0.146. The molecule has 3 aliphatic carbocycles. The van der Waals surface area contributed by atoms with Crippen molar-refractivity contribution in [2.45, 2.75) is 96.5 Å². The largest absolute Gasteiger partial charge is 0.393 e. The molecule has 0 aromatic heterocycles. The summed E-state index contributed by atoms with van der Waals surface area (Å²) in [4.78, 5) is 28.7. The fraction of sp³-hybridized carbons (Fsp3) is 0.926. The van der Waals surface area contributed by atoms with Crippen molar-refractivity contribution >= 4 is 11.6 Å². The molecule has 0 radical (unpaired) electrons. The number of hydrogen-bond donors (Lipinski definition) is 4. The molecule has 5 rings (SSSR count). The summed E-state index contributed by atoms with van der Waals surface area (Å²) in [5.41, 5.74) is -1.93. The third-order valence-electron chi connectivity index (χ3n) is 11.5. The van der Waals surface area contributed by atoms with Gasteiger partial charge in [0.2, 0.25) is 0 Å². The van der Waals surface area contributed by atoms with Crippen molar-refractivity contribution in [1.29, 1.82) is 0 Å². The van der Waals surface area contributed by atoms with Gasteiger partial charge in [-0.15, -0.1) is 0 Å². The van der Waals surface area contributed by atoms with Crippen LogP contribution in [0.3, 0.4) is 0 Å². The zero-order valence-corrected chi connectivity index (χ0v) is 20.8. The number of aliphatic hydroxyl groups is 3. The van der Waals surface area contributed by atoms with Crippen LogP contribution >= 0.6 is 0 Å². The van der Waals surface area contributed by atoms with Crippen molar-refractivity contribution in [3.05, 3.63) is 0 Å². The van der Waals surface area contributed by atoms with Crippen LogP contribution in [0.1, 0.15) is 72.6 Å². The Morgan fingerprint density at radius 1 is 1.00 bits per heavy atom. The number of hydrogen-bond acceptors (Lipinski definition) is 5. The number of nitrogens with one attached hydrogen (secondary N) is 1. The Morgan fingerprint density at radius 3 is 2.45 bits per heavy atom. The molecule has 33 heavy (non-hydrogen) atoms. The van der Waals surface area contributed by atoms with Crippen LogP contribution in [0.15, 0.2) is 0 Å². The first-order chi connectivity index (χ1) is 15.5. The van der Waals surface area contributed by atoms with Gasteiger partial charge in [0, 0.05) is 47.8 Å². The highest BCUT2D eigenvalue weighted by Crippen LogP contribution is 2.57. The van der Waals surface area contributed by atoms with E-state index in [2.05, 4.69) is 20.8 Å². The molecule has 6 nitrogen and oxygen atoms in total. The van der Waals surface area contributed by atoms with Crippen molar-refractivity contribution in [1.82, 2.24) is 0 Å². The van der Waals surface area contributed by atoms with Gasteiger partial charge in [0.1, 0.15) is 12.3 Å². The molecule has 13 unspecified atom stereocenters. The molecule has 3 saturated carbocycles. The summed E-state index contributed by atoms with van der Waals surface area (Å²) in [5, 5.41) is 33.1. The molecule has 0 spiro atoms. The monoisotopic (exact) mass is 462 g/mol. The molecule has 4 N–H and O–H groups in total. The Morgan fingerprint density at radius 2 is 1.73 bits per heavy atom. The van der Waals surface area contributed by atoms with E-state index in [1.54, 1.807) is 0 Å². The second-order valence-electron chi connectivity index (χ2n) is 12.9. The van der Waals surface area contributed by atoms with E-state index in [-0.39, 0.29) is 47.6 Å². The molecule has 0 bridgehead atoms. The predicted octanol–water partition coefficient (Wildman–Crippen LogP) is 1.01. The lowest BCUT2D eigenvalue weighted by Gasteiger charge is -2.58. The van der Waals surface area contributed by atoms with E-state index in [1.807, 2.05) is 6.92 Å². The number of quaternary nitrogens is 1. The van der Waals surface area contributed by atoms with Crippen LogP contribution in [0, 0.1) is 46.8 Å². The molecule has 2 heterocycles. The van der Waals surface area contributed by atoms with Crippen LogP contribution in [0.2, 0.25) is 0 Å². The molecule has 5 fully saturated rings. The van der Waals surface area contributed by atoms with Crippen molar-refractivity contribution in [2.75, 3.05) is 13.1 Å². The Kier molecular flexibility index (Phi) is 5.87. The summed E-state index contributed by atoms with van der Waals surface area (Å²) < 4.78 is 0. The molecular weight excluding hydrogens is 418 g/mol. The summed E-state index contributed by atoms with van der Waals surface area (Å²) >= 11 is 0. The highest BCUT2D eigenvalue weighted by atomic mass is 16.3. The number of carbonyl (C=O) groups excluding carboxylic acids is 2. The van der Waals surface area contributed by atoms with Crippen molar-refractivity contribution < 1.29 is 29.8 Å². The minimum Gasteiger partial charge on any atom is -0.393 e. The van der Waals surface area contributed by atoms with Gasteiger partial charge >= 0.3 is 0 Å². The van der Waals surface area contributed by atoms with Gasteiger partial charge in [-0.2, -0.15) is 0 Å². The van der Waals surface area contributed by atoms with Gasteiger partial charge < -0.3 is 20.2 Å². The molecule has 0 amide bonds. The number of Topliss-reactive ketones (excluding diaryl/α,β-unsaturated/α-hetero) is 2. The third kappa shape index (κ3) is 3.41. The van der Waals surface area contributed by atoms with Gasteiger partial charge in [-0.05, 0) is 43.9 Å². The van der Waals surface area contributed by atoms with Gasteiger partial charge in [0.05, 0.1) is 24.8 Å². The first kappa shape index (κ1) is 23.9. The fourth-order valence-corrected chi connectivity index (χ4v) is 9.36. The zero-order chi connectivity index (χ0) is 23.9. The number of carbonyl (C=O) groups is 2. The van der Waals surface area contributed by atoms with Crippen LogP contribution in [0.5, 0.6) is 0 Å². The Labute approximate surface area is 198 Å². The van der Waals surface area contributed by atoms with Gasteiger partial charge in [0.25, 0.3) is 0 Å². The molecule has 2 aliphatic heterocycles. The number of piperidine rings is 2. The van der Waals surface area contributed by atoms with Crippen LogP contribution in [0.25, 0.3) is 0 Å². The van der Waals surface area contributed by atoms with E-state index < -0.39 is 23.2 Å². The Balaban J connectivity index is 1.42. The lowest BCUT2D eigenvalue weighted by Crippen LogP contribution is -3.21. The lowest BCUT2D eigenvalue weighted by atomic mass is 9.47.